The van der Waals surface area contributed by atoms with Crippen LogP contribution in [0.2, 0.25) is 0 Å². The smallest absolute Gasteiger partial charge is 0.276 e. The van der Waals surface area contributed by atoms with E-state index < -0.39 is 5.60 Å². The largest absolute Gasteiger partial charge is 0.465 e. The van der Waals surface area contributed by atoms with Crippen molar-refractivity contribution in [1.82, 2.24) is 5.32 Å². The number of nitrogens with one attached hydrogen (secondary N) is 1. The van der Waals surface area contributed by atoms with Crippen LogP contribution in [0.5, 0.6) is 0 Å². The molecule has 0 aromatic heterocycles. The van der Waals surface area contributed by atoms with Crippen LogP contribution in [0.15, 0.2) is 5.88 Å². The molecule has 1 N–H and O–H groups in total. The van der Waals surface area contributed by atoms with Crippen LogP contribution in [0.3, 0.4) is 0 Å². The second-order valence-corrected chi connectivity index (χ2v) is 6.51. The van der Waals surface area contributed by atoms with Crippen molar-refractivity contribution >= 4 is 5.94 Å². The summed E-state index contributed by atoms with van der Waals surface area (Å²) in [7, 11) is 0. The summed E-state index contributed by atoms with van der Waals surface area (Å²) < 4.78 is 11.1. The number of hydrogen-bond acceptors (Lipinski definition) is 4. The van der Waals surface area contributed by atoms with E-state index in [1.165, 1.54) is 19.3 Å². The number of ether oxygens (including phenoxy) is 2. The van der Waals surface area contributed by atoms with Crippen molar-refractivity contribution in [3.05, 3.63) is 5.88 Å². The average molecular weight is 293 g/mol. The predicted octanol–water partition coefficient (Wildman–Crippen LogP) is 2.66. The van der Waals surface area contributed by atoms with Gasteiger partial charge in [-0.15, -0.1) is 6.42 Å². The highest BCUT2D eigenvalue weighted by Gasteiger charge is 2.26. The van der Waals surface area contributed by atoms with Gasteiger partial charge in [-0.1, -0.05) is 25.2 Å². The van der Waals surface area contributed by atoms with Gasteiger partial charge in [0.2, 0.25) is 0 Å². The van der Waals surface area contributed by atoms with Gasteiger partial charge in [-0.25, -0.2) is 4.79 Å². The van der Waals surface area contributed by atoms with Gasteiger partial charge in [-0.2, -0.15) is 0 Å². The fourth-order valence-electron chi connectivity index (χ4n) is 2.63. The Morgan fingerprint density at radius 1 is 1.33 bits per heavy atom. The summed E-state index contributed by atoms with van der Waals surface area (Å²) in [6.45, 7) is 6.46. The number of hydrogen-bond donors (Lipinski definition) is 1. The van der Waals surface area contributed by atoms with Gasteiger partial charge < -0.3 is 14.8 Å². The zero-order valence-electron chi connectivity index (χ0n) is 13.4. The summed E-state index contributed by atoms with van der Waals surface area (Å²) >= 11 is 0. The Hall–Kier alpha value is -1.43. The van der Waals surface area contributed by atoms with Crippen LogP contribution in [0.25, 0.3) is 0 Å². The van der Waals surface area contributed by atoms with E-state index in [1.807, 2.05) is 26.7 Å². The molecule has 0 radical (unpaired) electrons. The van der Waals surface area contributed by atoms with Gasteiger partial charge >= 0.3 is 0 Å². The lowest BCUT2D eigenvalue weighted by atomic mass is 9.84. The van der Waals surface area contributed by atoms with E-state index in [-0.39, 0.29) is 18.5 Å². The lowest BCUT2D eigenvalue weighted by molar-refractivity contribution is 0.0276. The molecule has 0 aromatic carbocycles. The molecule has 0 heterocycles. The fraction of sp³-hybridized carbons (Fsp3) is 0.765. The van der Waals surface area contributed by atoms with Gasteiger partial charge in [0.15, 0.2) is 5.94 Å². The Morgan fingerprint density at radius 2 is 2.00 bits per heavy atom. The zero-order valence-corrected chi connectivity index (χ0v) is 13.4. The number of carbonyl (C=O) groups excluding carboxylic acids is 1. The highest BCUT2D eigenvalue weighted by atomic mass is 16.5. The Balaban J connectivity index is 2.65. The summed E-state index contributed by atoms with van der Waals surface area (Å²) in [6.07, 6.45) is 11.2. The van der Waals surface area contributed by atoms with E-state index in [2.05, 4.69) is 11.2 Å². The van der Waals surface area contributed by atoms with E-state index in [0.29, 0.717) is 12.5 Å². The molecular weight excluding hydrogens is 266 g/mol. The molecular formula is C17H27NO3. The molecule has 0 amide bonds. The molecule has 21 heavy (non-hydrogen) atoms. The summed E-state index contributed by atoms with van der Waals surface area (Å²) in [5.41, 5.74) is -0.434. The van der Waals surface area contributed by atoms with Gasteiger partial charge in [0.05, 0.1) is 12.6 Å². The molecule has 4 heteroatoms. The summed E-state index contributed by atoms with van der Waals surface area (Å²) in [5.74, 6) is 4.95. The Morgan fingerprint density at radius 3 is 2.52 bits per heavy atom. The van der Waals surface area contributed by atoms with Gasteiger partial charge in [-0.05, 0) is 39.5 Å². The van der Waals surface area contributed by atoms with Crippen LogP contribution in [0.1, 0.15) is 52.9 Å². The molecule has 118 valence electrons. The summed E-state index contributed by atoms with van der Waals surface area (Å²) in [5, 5.41) is 3.17. The van der Waals surface area contributed by atoms with Crippen molar-refractivity contribution in [2.24, 2.45) is 5.92 Å². The standard InChI is InChI=1S/C17H27NO3/c1-5-11-20-13-15(14-9-7-6-8-10-14)18-16(12-19)21-17(2,3)4/h1,14-15,18H,6-11,13H2,2-4H3. The first-order valence-corrected chi connectivity index (χ1v) is 7.68. The molecule has 1 aliphatic rings. The maximum Gasteiger partial charge on any atom is 0.276 e. The van der Waals surface area contributed by atoms with Crippen LogP contribution in [-0.4, -0.2) is 30.8 Å². The fourth-order valence-corrected chi connectivity index (χ4v) is 2.63. The molecule has 0 aromatic rings. The van der Waals surface area contributed by atoms with Crippen molar-refractivity contribution in [2.75, 3.05) is 13.2 Å². The van der Waals surface area contributed by atoms with Crippen molar-refractivity contribution in [2.45, 2.75) is 64.5 Å². The minimum atomic E-state index is -0.434. The average Bonchev–Trinajstić information content (AvgIpc) is 2.45. The predicted molar refractivity (Wildman–Crippen MR) is 83.2 cm³/mol. The van der Waals surface area contributed by atoms with Gasteiger partial charge in [0.1, 0.15) is 12.2 Å². The molecule has 0 bridgehead atoms. The van der Waals surface area contributed by atoms with Crippen LogP contribution in [0, 0.1) is 18.3 Å². The van der Waals surface area contributed by atoms with Crippen molar-refractivity contribution in [1.29, 1.82) is 0 Å². The highest BCUT2D eigenvalue weighted by Crippen LogP contribution is 2.27. The monoisotopic (exact) mass is 293 g/mol. The van der Waals surface area contributed by atoms with Crippen LogP contribution in [-0.2, 0) is 14.3 Å². The van der Waals surface area contributed by atoms with Crippen molar-refractivity contribution in [3.63, 3.8) is 0 Å². The second-order valence-electron chi connectivity index (χ2n) is 6.51. The first-order chi connectivity index (χ1) is 9.96. The Bertz CT molecular complexity index is 393. The first-order valence-electron chi connectivity index (χ1n) is 7.68. The van der Waals surface area contributed by atoms with Crippen molar-refractivity contribution < 1.29 is 14.3 Å². The zero-order chi connectivity index (χ0) is 15.7. The molecule has 1 aliphatic carbocycles. The second kappa shape index (κ2) is 8.77. The van der Waals surface area contributed by atoms with Gasteiger partial charge in [-0.3, -0.25) is 0 Å². The third kappa shape index (κ3) is 7.22. The third-order valence-electron chi connectivity index (χ3n) is 3.52. The summed E-state index contributed by atoms with van der Waals surface area (Å²) in [6, 6.07) is 0.0393. The van der Waals surface area contributed by atoms with Crippen LogP contribution < -0.4 is 5.32 Å². The number of rotatable bonds is 7. The molecule has 1 atom stereocenters. The topological polar surface area (TPSA) is 47.6 Å². The molecule has 1 fully saturated rings. The minimum Gasteiger partial charge on any atom is -0.465 e. The van der Waals surface area contributed by atoms with Crippen molar-refractivity contribution in [3.8, 4) is 12.3 Å². The summed E-state index contributed by atoms with van der Waals surface area (Å²) in [4.78, 5) is 11.1. The minimum absolute atomic E-state index is 0.0393. The molecule has 4 nitrogen and oxygen atoms in total. The first kappa shape index (κ1) is 17.6. The van der Waals surface area contributed by atoms with E-state index >= 15 is 0 Å². The molecule has 1 saturated carbocycles. The normalized spacial score (nSPS) is 17.4. The van der Waals surface area contributed by atoms with Crippen LogP contribution >= 0.6 is 0 Å². The van der Waals surface area contributed by atoms with Gasteiger partial charge in [0.25, 0.3) is 5.88 Å². The Kier molecular flexibility index (Phi) is 7.36. The molecule has 1 rings (SSSR count). The lowest BCUT2D eigenvalue weighted by Gasteiger charge is -2.32. The van der Waals surface area contributed by atoms with E-state index in [9.17, 15) is 4.79 Å². The molecule has 1 unspecified atom stereocenters. The Labute approximate surface area is 128 Å². The van der Waals surface area contributed by atoms with Gasteiger partial charge in [0, 0.05) is 0 Å². The van der Waals surface area contributed by atoms with E-state index in [1.54, 1.807) is 0 Å². The third-order valence-corrected chi connectivity index (χ3v) is 3.52. The quantitative estimate of drug-likeness (QED) is 0.339. The van der Waals surface area contributed by atoms with E-state index in [4.69, 9.17) is 15.9 Å². The number of terminal acetylenes is 1. The molecule has 0 aliphatic heterocycles. The highest BCUT2D eigenvalue weighted by molar-refractivity contribution is 5.48. The molecule has 0 spiro atoms. The maximum atomic E-state index is 11.1. The lowest BCUT2D eigenvalue weighted by Crippen LogP contribution is -2.42. The maximum absolute atomic E-state index is 11.1. The molecule has 0 saturated heterocycles. The SMILES string of the molecule is C#CCOCC(NC(=C=O)OC(C)(C)C)C1CCCCC1. The van der Waals surface area contributed by atoms with E-state index in [0.717, 1.165) is 12.8 Å². The van der Waals surface area contributed by atoms with Crippen LogP contribution in [0.4, 0.5) is 0 Å².